The maximum Gasteiger partial charge on any atom is 0.149 e. The fraction of sp³-hybridized carbons (Fsp3) is 0.233. The second-order valence-electron chi connectivity index (χ2n) is 14.5. The highest BCUT2D eigenvalue weighted by Gasteiger charge is 2.27. The molecular formula is C43H40N2O. The zero-order valence-electron chi connectivity index (χ0n) is 27.8. The molecular weight excluding hydrogens is 560 g/mol. The van der Waals surface area contributed by atoms with Gasteiger partial charge in [0.05, 0.1) is 22.3 Å². The van der Waals surface area contributed by atoms with Crippen LogP contribution in [0.5, 0.6) is 0 Å². The van der Waals surface area contributed by atoms with E-state index in [0.29, 0.717) is 11.8 Å². The van der Waals surface area contributed by atoms with Gasteiger partial charge in [0.15, 0.2) is 0 Å². The zero-order chi connectivity index (χ0) is 31.9. The molecule has 0 amide bonds. The minimum atomic E-state index is 0.0420. The van der Waals surface area contributed by atoms with E-state index in [1.165, 1.54) is 43.9 Å². The van der Waals surface area contributed by atoms with Crippen LogP contribution < -0.4 is 0 Å². The molecule has 3 nitrogen and oxygen atoms in total. The van der Waals surface area contributed by atoms with E-state index in [0.717, 1.165) is 44.4 Å². The molecule has 8 aromatic rings. The molecule has 0 bridgehead atoms. The van der Waals surface area contributed by atoms with Gasteiger partial charge in [-0.2, -0.15) is 0 Å². The van der Waals surface area contributed by atoms with Gasteiger partial charge < -0.3 is 4.42 Å². The van der Waals surface area contributed by atoms with Gasteiger partial charge in [-0.15, -0.1) is 0 Å². The van der Waals surface area contributed by atoms with Gasteiger partial charge in [0.2, 0.25) is 0 Å². The summed E-state index contributed by atoms with van der Waals surface area (Å²) in [7, 11) is 0. The van der Waals surface area contributed by atoms with Crippen LogP contribution in [0.3, 0.4) is 0 Å². The van der Waals surface area contributed by atoms with Crippen LogP contribution in [0.1, 0.15) is 77.0 Å². The molecule has 0 N–H and O–H groups in total. The minimum Gasteiger partial charge on any atom is -0.455 e. The molecule has 8 rings (SSSR count). The van der Waals surface area contributed by atoms with Crippen molar-refractivity contribution in [2.75, 3.05) is 0 Å². The average Bonchev–Trinajstić information content (AvgIpc) is 3.60. The Morgan fingerprint density at radius 3 is 2.04 bits per heavy atom. The number of benzene rings is 6. The topological polar surface area (TPSA) is 31.0 Å². The van der Waals surface area contributed by atoms with E-state index in [1.807, 2.05) is 0 Å². The number of para-hydroxylation sites is 3. The highest BCUT2D eigenvalue weighted by atomic mass is 16.3. The van der Waals surface area contributed by atoms with Crippen LogP contribution >= 0.6 is 0 Å². The van der Waals surface area contributed by atoms with Crippen molar-refractivity contribution in [2.45, 2.75) is 65.7 Å². The summed E-state index contributed by atoms with van der Waals surface area (Å²) in [4.78, 5) is 5.35. The number of hydrogen-bond donors (Lipinski definition) is 0. The Morgan fingerprint density at radius 2 is 1.30 bits per heavy atom. The van der Waals surface area contributed by atoms with Crippen molar-refractivity contribution in [3.63, 3.8) is 0 Å². The normalized spacial score (nSPS) is 12.6. The first-order chi connectivity index (χ1) is 22.1. The van der Waals surface area contributed by atoms with Crippen molar-refractivity contribution in [3.8, 4) is 17.1 Å². The first kappa shape index (κ1) is 28.6. The number of imidazole rings is 1. The van der Waals surface area contributed by atoms with Crippen LogP contribution in [0, 0.1) is 0 Å². The highest BCUT2D eigenvalue weighted by molar-refractivity contribution is 6.17. The molecule has 3 heteroatoms. The lowest BCUT2D eigenvalue weighted by molar-refractivity contribution is 0.586. The third-order valence-corrected chi connectivity index (χ3v) is 9.67. The van der Waals surface area contributed by atoms with E-state index in [-0.39, 0.29) is 5.41 Å². The molecule has 0 fully saturated rings. The van der Waals surface area contributed by atoms with Crippen LogP contribution in [-0.4, -0.2) is 9.55 Å². The van der Waals surface area contributed by atoms with Crippen molar-refractivity contribution in [1.29, 1.82) is 0 Å². The summed E-state index contributed by atoms with van der Waals surface area (Å²) >= 11 is 0. The summed E-state index contributed by atoms with van der Waals surface area (Å²) in [5, 5.41) is 7.14. The van der Waals surface area contributed by atoms with E-state index < -0.39 is 0 Å². The molecule has 0 radical (unpaired) electrons. The van der Waals surface area contributed by atoms with Crippen molar-refractivity contribution in [3.05, 3.63) is 120 Å². The molecule has 0 aliphatic rings. The lowest BCUT2D eigenvalue weighted by Crippen LogP contribution is -2.16. The molecule has 228 valence electrons. The number of fused-ring (bicyclic) bond motifs is 7. The Labute approximate surface area is 270 Å². The Hall–Kier alpha value is -4.89. The summed E-state index contributed by atoms with van der Waals surface area (Å²) in [6.45, 7) is 16.2. The van der Waals surface area contributed by atoms with Gasteiger partial charge in [0, 0.05) is 10.8 Å². The Balaban J connectivity index is 1.46. The summed E-state index contributed by atoms with van der Waals surface area (Å²) < 4.78 is 9.26. The monoisotopic (exact) mass is 600 g/mol. The van der Waals surface area contributed by atoms with E-state index in [1.54, 1.807) is 0 Å². The molecule has 0 aliphatic carbocycles. The van der Waals surface area contributed by atoms with Crippen LogP contribution in [0.2, 0.25) is 0 Å². The Morgan fingerprint density at radius 1 is 0.630 bits per heavy atom. The zero-order valence-corrected chi connectivity index (χ0v) is 27.8. The number of hydrogen-bond acceptors (Lipinski definition) is 2. The summed E-state index contributed by atoms with van der Waals surface area (Å²) in [6, 6.07) is 37.4. The smallest absolute Gasteiger partial charge is 0.149 e. The van der Waals surface area contributed by atoms with E-state index >= 15 is 0 Å². The number of furan rings is 1. The van der Waals surface area contributed by atoms with Gasteiger partial charge in [-0.3, -0.25) is 4.57 Å². The van der Waals surface area contributed by atoms with Gasteiger partial charge in [-0.1, -0.05) is 121 Å². The second kappa shape index (κ2) is 10.3. The molecule has 0 atom stereocenters. The summed E-state index contributed by atoms with van der Waals surface area (Å²) in [5.74, 6) is 1.56. The third-order valence-electron chi connectivity index (χ3n) is 9.67. The number of nitrogens with zero attached hydrogens (tertiary/aromatic N) is 2. The summed E-state index contributed by atoms with van der Waals surface area (Å²) in [6.07, 6.45) is 0. The fourth-order valence-corrected chi connectivity index (χ4v) is 7.16. The highest BCUT2D eigenvalue weighted by Crippen LogP contribution is 2.43. The average molecular weight is 601 g/mol. The van der Waals surface area contributed by atoms with E-state index in [4.69, 9.17) is 9.40 Å². The maximum atomic E-state index is 6.85. The Kier molecular flexibility index (Phi) is 6.41. The van der Waals surface area contributed by atoms with Crippen molar-refractivity contribution < 1.29 is 4.42 Å². The van der Waals surface area contributed by atoms with Gasteiger partial charge in [0.1, 0.15) is 17.0 Å². The molecule has 0 aliphatic heterocycles. The largest absolute Gasteiger partial charge is 0.455 e. The van der Waals surface area contributed by atoms with Crippen LogP contribution in [0.25, 0.3) is 71.6 Å². The van der Waals surface area contributed by atoms with Crippen LogP contribution in [0.15, 0.2) is 108 Å². The van der Waals surface area contributed by atoms with Gasteiger partial charge >= 0.3 is 0 Å². The quantitative estimate of drug-likeness (QED) is 0.188. The minimum absolute atomic E-state index is 0.0420. The molecule has 0 saturated heterocycles. The lowest BCUT2D eigenvalue weighted by Gasteiger charge is -2.28. The predicted octanol–water partition coefficient (Wildman–Crippen LogP) is 12.4. The predicted molar refractivity (Wildman–Crippen MR) is 196 cm³/mol. The van der Waals surface area contributed by atoms with Crippen molar-refractivity contribution in [2.24, 2.45) is 0 Å². The standard InChI is InChI=1S/C43H40N2O/c1-25(2)33-22-29(43(5,6)7)23-34(26(3)4)40(33)45-38-18-11-10-17-37(38)44-42(45)32-16-12-15-31-36-21-28-20-19-27-13-8-9-14-30(27)35(28)24-39(36)46-41(31)32/h8-26H,1-7H3. The van der Waals surface area contributed by atoms with E-state index in [2.05, 4.69) is 156 Å². The van der Waals surface area contributed by atoms with Crippen molar-refractivity contribution >= 4 is 54.5 Å². The maximum absolute atomic E-state index is 6.85. The second-order valence-corrected chi connectivity index (χ2v) is 14.5. The molecule has 0 spiro atoms. The molecule has 6 aromatic carbocycles. The third kappa shape index (κ3) is 4.36. The van der Waals surface area contributed by atoms with Crippen molar-refractivity contribution in [1.82, 2.24) is 9.55 Å². The fourth-order valence-electron chi connectivity index (χ4n) is 7.16. The van der Waals surface area contributed by atoms with Gasteiger partial charge in [0.25, 0.3) is 0 Å². The molecule has 46 heavy (non-hydrogen) atoms. The SMILES string of the molecule is CC(C)c1cc(C(C)(C)C)cc(C(C)C)c1-n1c(-c2cccc3c2oc2cc4c(ccc5ccccc54)cc23)nc2ccccc21. The first-order valence-electron chi connectivity index (χ1n) is 16.5. The number of rotatable bonds is 4. The molecule has 0 saturated carbocycles. The van der Waals surface area contributed by atoms with Crippen LogP contribution in [-0.2, 0) is 5.41 Å². The van der Waals surface area contributed by atoms with E-state index in [9.17, 15) is 0 Å². The molecule has 2 heterocycles. The van der Waals surface area contributed by atoms with Crippen LogP contribution in [0.4, 0.5) is 0 Å². The first-order valence-corrected chi connectivity index (χ1v) is 16.5. The van der Waals surface area contributed by atoms with Gasteiger partial charge in [-0.25, -0.2) is 4.98 Å². The Bertz CT molecular complexity index is 2430. The molecule has 0 unspecified atom stereocenters. The lowest BCUT2D eigenvalue weighted by atomic mass is 9.81. The molecule has 2 aromatic heterocycles. The number of aromatic nitrogens is 2. The van der Waals surface area contributed by atoms with Gasteiger partial charge in [-0.05, 0) is 85.8 Å². The summed E-state index contributed by atoms with van der Waals surface area (Å²) in [5.41, 5.74) is 10.2.